The van der Waals surface area contributed by atoms with Gasteiger partial charge in [0.2, 0.25) is 5.91 Å². The van der Waals surface area contributed by atoms with Crippen molar-refractivity contribution in [2.24, 2.45) is 11.1 Å². The van der Waals surface area contributed by atoms with Gasteiger partial charge < -0.3 is 11.1 Å². The van der Waals surface area contributed by atoms with E-state index in [1.807, 2.05) is 24.3 Å². The Hall–Kier alpha value is -0.680. The zero-order valence-electron chi connectivity index (χ0n) is 11.2. The largest absolute Gasteiger partial charge is 0.370 e. The summed E-state index contributed by atoms with van der Waals surface area (Å²) < 4.78 is 0.948. The van der Waals surface area contributed by atoms with Crippen LogP contribution < -0.4 is 11.1 Å². The molecule has 1 aliphatic rings. The second-order valence-corrected chi connectivity index (χ2v) is 7.72. The SMILES string of the molecule is CC1(C)CSCC(Nc2ccccc2Br)(C(N)=O)C1. The number of nitrogens with two attached hydrogens (primary N) is 1. The molecule has 1 amide bonds. The first-order valence-corrected chi connectivity index (χ1v) is 8.20. The minimum absolute atomic E-state index is 0.103. The molecule has 1 heterocycles. The average Bonchev–Trinajstić information content (AvgIpc) is 2.30. The van der Waals surface area contributed by atoms with Gasteiger partial charge in [0.1, 0.15) is 5.54 Å². The summed E-state index contributed by atoms with van der Waals surface area (Å²) in [6.07, 6.45) is 0.754. The molecule has 2 rings (SSSR count). The van der Waals surface area contributed by atoms with Crippen molar-refractivity contribution >= 4 is 39.3 Å². The number of rotatable bonds is 3. The van der Waals surface area contributed by atoms with Crippen molar-refractivity contribution in [1.82, 2.24) is 0 Å². The molecule has 0 aromatic heterocycles. The molecular weight excluding hydrogens is 324 g/mol. The number of benzene rings is 1. The lowest BCUT2D eigenvalue weighted by Crippen LogP contribution is -2.57. The Balaban J connectivity index is 2.31. The number of anilines is 1. The van der Waals surface area contributed by atoms with Crippen LogP contribution in [0.4, 0.5) is 5.69 Å². The Morgan fingerprint density at radius 3 is 2.63 bits per heavy atom. The van der Waals surface area contributed by atoms with Crippen LogP contribution in [0.25, 0.3) is 0 Å². The van der Waals surface area contributed by atoms with Gasteiger partial charge in [-0.05, 0) is 45.7 Å². The summed E-state index contributed by atoms with van der Waals surface area (Å²) in [5.74, 6) is 1.50. The first-order valence-electron chi connectivity index (χ1n) is 6.25. The van der Waals surface area contributed by atoms with E-state index in [9.17, 15) is 4.79 Å². The minimum Gasteiger partial charge on any atom is -0.370 e. The number of primary amides is 1. The van der Waals surface area contributed by atoms with Gasteiger partial charge in [0.15, 0.2) is 0 Å². The van der Waals surface area contributed by atoms with Gasteiger partial charge in [0, 0.05) is 15.9 Å². The Bertz CT molecular complexity index is 492. The van der Waals surface area contributed by atoms with E-state index in [2.05, 4.69) is 35.1 Å². The number of halogens is 1. The topological polar surface area (TPSA) is 55.1 Å². The maximum absolute atomic E-state index is 12.0. The molecule has 0 saturated carbocycles. The lowest BCUT2D eigenvalue weighted by Gasteiger charge is -2.43. The molecule has 0 bridgehead atoms. The summed E-state index contributed by atoms with van der Waals surface area (Å²) in [5.41, 5.74) is 6.04. The van der Waals surface area contributed by atoms with Crippen LogP contribution in [0.5, 0.6) is 0 Å². The third-order valence-electron chi connectivity index (χ3n) is 3.34. The van der Waals surface area contributed by atoms with Crippen molar-refractivity contribution in [2.45, 2.75) is 25.8 Å². The third kappa shape index (κ3) is 3.26. The standard InChI is InChI=1S/C14H19BrN2OS/c1-13(2)7-14(12(16)18,9-19-8-13)17-11-6-4-3-5-10(11)15/h3-6,17H,7-9H2,1-2H3,(H2,16,18). The average molecular weight is 343 g/mol. The highest BCUT2D eigenvalue weighted by Gasteiger charge is 2.45. The van der Waals surface area contributed by atoms with Crippen LogP contribution in [0.2, 0.25) is 0 Å². The van der Waals surface area contributed by atoms with E-state index in [-0.39, 0.29) is 11.3 Å². The highest BCUT2D eigenvalue weighted by Crippen LogP contribution is 2.41. The number of para-hydroxylation sites is 1. The molecule has 1 aromatic carbocycles. The lowest BCUT2D eigenvalue weighted by molar-refractivity contribution is -0.122. The highest BCUT2D eigenvalue weighted by molar-refractivity contribution is 9.10. The van der Waals surface area contributed by atoms with Crippen LogP contribution in [0, 0.1) is 5.41 Å². The first kappa shape index (κ1) is 14.7. The fourth-order valence-electron chi connectivity index (χ4n) is 2.54. The van der Waals surface area contributed by atoms with E-state index in [1.165, 1.54) is 0 Å². The van der Waals surface area contributed by atoms with Crippen LogP contribution in [-0.4, -0.2) is 23.0 Å². The third-order valence-corrected chi connectivity index (χ3v) is 5.72. The summed E-state index contributed by atoms with van der Waals surface area (Å²) >= 11 is 5.29. The normalized spacial score (nSPS) is 25.8. The molecule has 1 unspecified atom stereocenters. The molecule has 0 aliphatic carbocycles. The number of hydrogen-bond donors (Lipinski definition) is 2. The van der Waals surface area contributed by atoms with Gasteiger partial charge in [-0.15, -0.1) is 0 Å². The van der Waals surface area contributed by atoms with Gasteiger partial charge in [-0.3, -0.25) is 4.79 Å². The Morgan fingerprint density at radius 1 is 1.37 bits per heavy atom. The van der Waals surface area contributed by atoms with Crippen LogP contribution in [0.15, 0.2) is 28.7 Å². The maximum Gasteiger partial charge on any atom is 0.243 e. The molecule has 0 radical (unpaired) electrons. The Labute approximate surface area is 126 Å². The van der Waals surface area contributed by atoms with Gasteiger partial charge >= 0.3 is 0 Å². The van der Waals surface area contributed by atoms with E-state index in [0.717, 1.165) is 22.3 Å². The van der Waals surface area contributed by atoms with Gasteiger partial charge in [0.05, 0.1) is 0 Å². The molecule has 5 heteroatoms. The minimum atomic E-state index is -0.670. The zero-order valence-corrected chi connectivity index (χ0v) is 13.6. The molecule has 1 fully saturated rings. The molecule has 3 N–H and O–H groups in total. The first-order chi connectivity index (χ1) is 8.85. The quantitative estimate of drug-likeness (QED) is 0.886. The molecule has 1 saturated heterocycles. The number of hydrogen-bond acceptors (Lipinski definition) is 3. The highest BCUT2D eigenvalue weighted by atomic mass is 79.9. The van der Waals surface area contributed by atoms with Crippen LogP contribution >= 0.6 is 27.7 Å². The van der Waals surface area contributed by atoms with E-state index in [1.54, 1.807) is 11.8 Å². The zero-order chi connectivity index (χ0) is 14.1. The van der Waals surface area contributed by atoms with Gasteiger partial charge in [-0.1, -0.05) is 26.0 Å². The molecular formula is C14H19BrN2OS. The molecule has 1 aliphatic heterocycles. The molecule has 19 heavy (non-hydrogen) atoms. The summed E-state index contributed by atoms with van der Waals surface area (Å²) in [5, 5.41) is 3.38. The van der Waals surface area contributed by atoms with Crippen molar-refractivity contribution in [3.63, 3.8) is 0 Å². The van der Waals surface area contributed by atoms with Crippen molar-refractivity contribution < 1.29 is 4.79 Å². The smallest absolute Gasteiger partial charge is 0.243 e. The summed E-state index contributed by atoms with van der Waals surface area (Å²) in [4.78, 5) is 12.0. The number of thioether (sulfide) groups is 1. The number of nitrogens with one attached hydrogen (secondary N) is 1. The number of carbonyl (C=O) groups is 1. The van der Waals surface area contributed by atoms with Crippen molar-refractivity contribution in [3.8, 4) is 0 Å². The monoisotopic (exact) mass is 342 g/mol. The van der Waals surface area contributed by atoms with Crippen LogP contribution in [-0.2, 0) is 4.79 Å². The van der Waals surface area contributed by atoms with E-state index in [4.69, 9.17) is 5.73 Å². The predicted molar refractivity (Wildman–Crippen MR) is 85.4 cm³/mol. The fraction of sp³-hybridized carbons (Fsp3) is 0.500. The number of amides is 1. The number of carbonyl (C=O) groups excluding carboxylic acids is 1. The maximum atomic E-state index is 12.0. The van der Waals surface area contributed by atoms with Gasteiger partial charge in [-0.2, -0.15) is 11.8 Å². The van der Waals surface area contributed by atoms with Crippen LogP contribution in [0.3, 0.4) is 0 Å². The van der Waals surface area contributed by atoms with E-state index in [0.29, 0.717) is 5.75 Å². The van der Waals surface area contributed by atoms with Crippen molar-refractivity contribution in [3.05, 3.63) is 28.7 Å². The lowest BCUT2D eigenvalue weighted by atomic mass is 9.79. The molecule has 104 valence electrons. The summed E-state index contributed by atoms with van der Waals surface area (Å²) in [6, 6.07) is 7.81. The molecule has 3 nitrogen and oxygen atoms in total. The van der Waals surface area contributed by atoms with E-state index < -0.39 is 5.54 Å². The predicted octanol–water partition coefficient (Wildman–Crippen LogP) is 3.25. The van der Waals surface area contributed by atoms with Crippen molar-refractivity contribution in [1.29, 1.82) is 0 Å². The Morgan fingerprint density at radius 2 is 2.05 bits per heavy atom. The summed E-state index contributed by atoms with van der Waals surface area (Å²) in [6.45, 7) is 4.36. The van der Waals surface area contributed by atoms with Gasteiger partial charge in [-0.25, -0.2) is 0 Å². The van der Waals surface area contributed by atoms with Crippen LogP contribution in [0.1, 0.15) is 20.3 Å². The molecule has 1 aromatic rings. The van der Waals surface area contributed by atoms with Gasteiger partial charge in [0.25, 0.3) is 0 Å². The Kier molecular flexibility index (Phi) is 4.16. The molecule has 0 spiro atoms. The second kappa shape index (κ2) is 5.37. The second-order valence-electron chi connectivity index (χ2n) is 5.88. The summed E-state index contributed by atoms with van der Waals surface area (Å²) in [7, 11) is 0. The van der Waals surface area contributed by atoms with E-state index >= 15 is 0 Å². The molecule has 1 atom stereocenters. The van der Waals surface area contributed by atoms with Crippen molar-refractivity contribution in [2.75, 3.05) is 16.8 Å². The fourth-order valence-corrected chi connectivity index (χ4v) is 4.35.